The number of benzene rings is 2. The Morgan fingerprint density at radius 1 is 1.12 bits per heavy atom. The van der Waals surface area contributed by atoms with Crippen molar-refractivity contribution >= 4 is 22.4 Å². The fraction of sp³-hybridized carbons (Fsp3) is 0.100. The van der Waals surface area contributed by atoms with Crippen molar-refractivity contribution in [3.63, 3.8) is 0 Å². The van der Waals surface area contributed by atoms with E-state index in [4.69, 9.17) is 0 Å². The van der Waals surface area contributed by atoms with Gasteiger partial charge in [-0.1, -0.05) is 12.1 Å². The second-order valence-electron chi connectivity index (χ2n) is 5.98. The van der Waals surface area contributed by atoms with E-state index in [1.165, 1.54) is 0 Å². The number of rotatable bonds is 2. The molecule has 1 N–H and O–H groups in total. The summed E-state index contributed by atoms with van der Waals surface area (Å²) in [5, 5.41) is 3.25. The molecule has 6 heteroatoms. The van der Waals surface area contributed by atoms with Gasteiger partial charge in [-0.15, -0.1) is 0 Å². The number of allylic oxidation sites excluding steroid dienone is 1. The van der Waals surface area contributed by atoms with Gasteiger partial charge in [0.05, 0.1) is 11.2 Å². The van der Waals surface area contributed by atoms with Crippen molar-refractivity contribution < 1.29 is 18.0 Å². The van der Waals surface area contributed by atoms with Crippen molar-refractivity contribution in [1.29, 1.82) is 0 Å². The smallest absolute Gasteiger partial charge is 0.251 e. The van der Waals surface area contributed by atoms with Gasteiger partial charge in [0.1, 0.15) is 0 Å². The summed E-state index contributed by atoms with van der Waals surface area (Å²) < 4.78 is 41.1. The lowest BCUT2D eigenvalue weighted by Gasteiger charge is -2.10. The van der Waals surface area contributed by atoms with Gasteiger partial charge in [0.2, 0.25) is 0 Å². The van der Waals surface area contributed by atoms with E-state index in [9.17, 15) is 18.0 Å². The number of carbonyl (C=O) groups excluding carboxylic acids is 1. The molecule has 0 radical (unpaired) electrons. The van der Waals surface area contributed by atoms with Gasteiger partial charge in [-0.3, -0.25) is 4.79 Å². The van der Waals surface area contributed by atoms with Crippen LogP contribution in [0.4, 0.5) is 13.2 Å². The topological polar surface area (TPSA) is 42.0 Å². The van der Waals surface area contributed by atoms with E-state index in [1.54, 1.807) is 43.5 Å². The minimum Gasteiger partial charge on any atom is -0.355 e. The number of aromatic nitrogens is 1. The molecule has 26 heavy (non-hydrogen) atoms. The molecule has 1 amide bonds. The van der Waals surface area contributed by atoms with Crippen molar-refractivity contribution in [2.45, 2.75) is 6.42 Å². The highest BCUT2D eigenvalue weighted by molar-refractivity contribution is 6.06. The summed E-state index contributed by atoms with van der Waals surface area (Å²) in [4.78, 5) is 16.5. The van der Waals surface area contributed by atoms with Crippen LogP contribution in [0, 0.1) is 17.5 Å². The minimum absolute atomic E-state index is 0.125. The molecule has 0 saturated heterocycles. The Bertz CT molecular complexity index is 1110. The first kappa shape index (κ1) is 16.3. The molecule has 0 fully saturated rings. The van der Waals surface area contributed by atoms with Gasteiger partial charge in [0.15, 0.2) is 17.5 Å². The number of pyridine rings is 1. The SMILES string of the molecule is CNC(=O)c1cccc2nc(C3=CCc4c3cc(F)c(F)c4F)ccc12. The van der Waals surface area contributed by atoms with Crippen LogP contribution in [0.5, 0.6) is 0 Å². The molecule has 0 spiro atoms. The molecule has 3 nitrogen and oxygen atoms in total. The lowest BCUT2D eigenvalue weighted by molar-refractivity contribution is 0.0964. The van der Waals surface area contributed by atoms with Gasteiger partial charge >= 0.3 is 0 Å². The maximum Gasteiger partial charge on any atom is 0.251 e. The van der Waals surface area contributed by atoms with E-state index in [2.05, 4.69) is 10.3 Å². The van der Waals surface area contributed by atoms with E-state index in [1.807, 2.05) is 0 Å². The molecule has 0 unspecified atom stereocenters. The van der Waals surface area contributed by atoms with Gasteiger partial charge in [-0.05, 0) is 42.3 Å². The summed E-state index contributed by atoms with van der Waals surface area (Å²) in [6.07, 6.45) is 1.87. The monoisotopic (exact) mass is 354 g/mol. The zero-order chi connectivity index (χ0) is 18.4. The molecule has 1 aliphatic carbocycles. The molecular weight excluding hydrogens is 341 g/mol. The molecule has 4 rings (SSSR count). The Hall–Kier alpha value is -3.15. The average Bonchev–Trinajstić information content (AvgIpc) is 3.08. The van der Waals surface area contributed by atoms with Gasteiger partial charge in [0, 0.05) is 29.1 Å². The fourth-order valence-corrected chi connectivity index (χ4v) is 3.27. The van der Waals surface area contributed by atoms with Crippen molar-refractivity contribution in [2.24, 2.45) is 0 Å². The molecule has 0 aliphatic heterocycles. The first-order chi connectivity index (χ1) is 12.5. The maximum absolute atomic E-state index is 14.0. The highest BCUT2D eigenvalue weighted by Gasteiger charge is 2.25. The molecule has 3 aromatic rings. The number of amides is 1. The van der Waals surface area contributed by atoms with Crippen LogP contribution in [0.2, 0.25) is 0 Å². The van der Waals surface area contributed by atoms with Crippen molar-refractivity contribution in [3.8, 4) is 0 Å². The average molecular weight is 354 g/mol. The Morgan fingerprint density at radius 2 is 1.92 bits per heavy atom. The number of hydrogen-bond acceptors (Lipinski definition) is 2. The lowest BCUT2D eigenvalue weighted by atomic mass is 10.0. The number of nitrogens with zero attached hydrogens (tertiary/aromatic N) is 1. The number of carbonyl (C=O) groups is 1. The van der Waals surface area contributed by atoms with E-state index in [0.29, 0.717) is 33.3 Å². The van der Waals surface area contributed by atoms with Crippen LogP contribution >= 0.6 is 0 Å². The third-order valence-corrected chi connectivity index (χ3v) is 4.54. The van der Waals surface area contributed by atoms with E-state index >= 15 is 0 Å². The molecule has 1 aromatic heterocycles. The third-order valence-electron chi connectivity index (χ3n) is 4.54. The summed E-state index contributed by atoms with van der Waals surface area (Å²) in [6, 6.07) is 9.61. The van der Waals surface area contributed by atoms with Crippen LogP contribution in [-0.4, -0.2) is 17.9 Å². The van der Waals surface area contributed by atoms with Crippen LogP contribution in [0.3, 0.4) is 0 Å². The quantitative estimate of drug-likeness (QED) is 0.707. The lowest BCUT2D eigenvalue weighted by Crippen LogP contribution is -2.18. The molecule has 0 bridgehead atoms. The zero-order valence-corrected chi connectivity index (χ0v) is 13.7. The standard InChI is InChI=1S/C20H13F3N2O/c1-24-20(26)13-3-2-4-16-10(13)7-8-17(25-16)11-5-6-12-14(11)9-15(21)19(23)18(12)22/h2-5,7-9H,6H2,1H3,(H,24,26). The number of hydrogen-bond donors (Lipinski definition) is 1. The predicted molar refractivity (Wildman–Crippen MR) is 92.2 cm³/mol. The van der Waals surface area contributed by atoms with Gasteiger partial charge < -0.3 is 5.32 Å². The molecule has 130 valence electrons. The highest BCUT2D eigenvalue weighted by atomic mass is 19.2. The molecule has 2 aromatic carbocycles. The van der Waals surface area contributed by atoms with E-state index in [-0.39, 0.29) is 17.9 Å². The summed E-state index contributed by atoms with van der Waals surface area (Å²) in [5.74, 6) is -4.07. The van der Waals surface area contributed by atoms with E-state index < -0.39 is 17.5 Å². The van der Waals surface area contributed by atoms with Crippen LogP contribution in [0.15, 0.2) is 42.5 Å². The third kappa shape index (κ3) is 2.37. The van der Waals surface area contributed by atoms with Crippen LogP contribution in [-0.2, 0) is 6.42 Å². The number of nitrogens with one attached hydrogen (secondary N) is 1. The molecule has 1 aliphatic rings. The Balaban J connectivity index is 1.85. The van der Waals surface area contributed by atoms with Crippen molar-refractivity contribution in [1.82, 2.24) is 10.3 Å². The first-order valence-corrected chi connectivity index (χ1v) is 8.00. The fourth-order valence-electron chi connectivity index (χ4n) is 3.27. The van der Waals surface area contributed by atoms with Crippen molar-refractivity contribution in [2.75, 3.05) is 7.05 Å². The highest BCUT2D eigenvalue weighted by Crippen LogP contribution is 2.36. The van der Waals surface area contributed by atoms with Gasteiger partial charge in [-0.2, -0.15) is 0 Å². The molecule has 0 saturated carbocycles. The van der Waals surface area contributed by atoms with Crippen LogP contribution in [0.25, 0.3) is 16.5 Å². The summed E-state index contributed by atoms with van der Waals surface area (Å²) in [6.45, 7) is 0. The minimum atomic E-state index is -1.46. The second-order valence-corrected chi connectivity index (χ2v) is 5.98. The molecule has 0 atom stereocenters. The summed E-state index contributed by atoms with van der Waals surface area (Å²) in [7, 11) is 1.55. The van der Waals surface area contributed by atoms with Crippen LogP contribution < -0.4 is 5.32 Å². The Labute approximate surface area is 147 Å². The largest absolute Gasteiger partial charge is 0.355 e. The molecular formula is C20H13F3N2O. The normalized spacial score (nSPS) is 12.8. The van der Waals surface area contributed by atoms with Crippen molar-refractivity contribution in [3.05, 3.63) is 82.3 Å². The second kappa shape index (κ2) is 5.98. The number of fused-ring (bicyclic) bond motifs is 2. The predicted octanol–water partition coefficient (Wildman–Crippen LogP) is 4.00. The number of halogens is 3. The zero-order valence-electron chi connectivity index (χ0n) is 13.7. The summed E-state index contributed by atoms with van der Waals surface area (Å²) in [5.41, 5.74) is 2.56. The summed E-state index contributed by atoms with van der Waals surface area (Å²) >= 11 is 0. The van der Waals surface area contributed by atoms with E-state index in [0.717, 1.165) is 6.07 Å². The Morgan fingerprint density at radius 3 is 2.69 bits per heavy atom. The van der Waals surface area contributed by atoms with Gasteiger partial charge in [-0.25, -0.2) is 18.2 Å². The molecule has 1 heterocycles. The van der Waals surface area contributed by atoms with Crippen LogP contribution in [0.1, 0.15) is 27.2 Å². The first-order valence-electron chi connectivity index (χ1n) is 8.00. The van der Waals surface area contributed by atoms with Gasteiger partial charge in [0.25, 0.3) is 5.91 Å². The maximum atomic E-state index is 14.0. The Kier molecular flexibility index (Phi) is 3.76.